The van der Waals surface area contributed by atoms with E-state index >= 15 is 0 Å². The van der Waals surface area contributed by atoms with Crippen LogP contribution in [0.1, 0.15) is 19.3 Å². The summed E-state index contributed by atoms with van der Waals surface area (Å²) in [6.07, 6.45) is 3.08. The van der Waals surface area contributed by atoms with Crippen molar-refractivity contribution >= 4 is 11.4 Å². The maximum absolute atomic E-state index is 8.85. The molecule has 0 amide bonds. The summed E-state index contributed by atoms with van der Waals surface area (Å²) in [4.78, 5) is 0. The van der Waals surface area contributed by atoms with E-state index in [1.807, 2.05) is 0 Å². The predicted octanol–water partition coefficient (Wildman–Crippen LogP) is 1.32. The Kier molecular flexibility index (Phi) is 1.27. The van der Waals surface area contributed by atoms with E-state index in [-0.39, 0.29) is 0 Å². The Balaban J connectivity index is 2.05. The van der Waals surface area contributed by atoms with Crippen molar-refractivity contribution in [1.82, 2.24) is 0 Å². The lowest BCUT2D eigenvalue weighted by atomic mass is 9.80. The van der Waals surface area contributed by atoms with Crippen LogP contribution < -0.4 is 0 Å². The molecule has 4 aliphatic rings. The smallest absolute Gasteiger partial charge is 0.0639 e. The molecule has 4 atom stereocenters. The zero-order chi connectivity index (χ0) is 9.00. The van der Waals surface area contributed by atoms with Crippen LogP contribution in [0.5, 0.6) is 0 Å². The summed E-state index contributed by atoms with van der Waals surface area (Å²) in [6, 6.07) is 0. The van der Waals surface area contributed by atoms with Gasteiger partial charge in [0.2, 0.25) is 0 Å². The SMILES string of the molecule is O/N=C1/C2CC3CC1C(C2)/C3=N/O. The van der Waals surface area contributed by atoms with Crippen LogP contribution in [0, 0.1) is 23.7 Å². The molecule has 4 fully saturated rings. The van der Waals surface area contributed by atoms with E-state index in [2.05, 4.69) is 10.3 Å². The first-order valence-corrected chi connectivity index (χ1v) is 4.78. The molecule has 4 unspecified atom stereocenters. The highest BCUT2D eigenvalue weighted by Gasteiger charge is 2.56. The Labute approximate surface area is 75.9 Å². The quantitative estimate of drug-likeness (QED) is 0.436. The van der Waals surface area contributed by atoms with Gasteiger partial charge in [0.1, 0.15) is 0 Å². The van der Waals surface area contributed by atoms with E-state index in [9.17, 15) is 0 Å². The lowest BCUT2D eigenvalue weighted by Gasteiger charge is -2.25. The molecule has 4 heteroatoms. The Morgan fingerprint density at radius 1 is 0.846 bits per heavy atom. The van der Waals surface area contributed by atoms with Crippen molar-refractivity contribution in [2.24, 2.45) is 34.0 Å². The Morgan fingerprint density at radius 3 is 1.69 bits per heavy atom. The van der Waals surface area contributed by atoms with Gasteiger partial charge < -0.3 is 10.4 Å². The van der Waals surface area contributed by atoms with E-state index in [4.69, 9.17) is 10.4 Å². The molecular formula is C9H12N2O2. The van der Waals surface area contributed by atoms with Gasteiger partial charge in [0.05, 0.1) is 11.4 Å². The second-order valence-electron chi connectivity index (χ2n) is 4.36. The van der Waals surface area contributed by atoms with Gasteiger partial charge in [0, 0.05) is 23.7 Å². The van der Waals surface area contributed by atoms with Crippen LogP contribution in [-0.4, -0.2) is 21.8 Å². The summed E-state index contributed by atoms with van der Waals surface area (Å²) in [5.41, 5.74) is 1.92. The van der Waals surface area contributed by atoms with E-state index < -0.39 is 0 Å². The van der Waals surface area contributed by atoms with E-state index in [1.54, 1.807) is 0 Å². The highest BCUT2D eigenvalue weighted by atomic mass is 16.4. The van der Waals surface area contributed by atoms with Crippen LogP contribution >= 0.6 is 0 Å². The number of hydrogen-bond acceptors (Lipinski definition) is 4. The van der Waals surface area contributed by atoms with Gasteiger partial charge in [-0.05, 0) is 19.3 Å². The predicted molar refractivity (Wildman–Crippen MR) is 46.3 cm³/mol. The van der Waals surface area contributed by atoms with Crippen molar-refractivity contribution < 1.29 is 10.4 Å². The van der Waals surface area contributed by atoms with Crippen molar-refractivity contribution in [3.8, 4) is 0 Å². The molecule has 0 saturated heterocycles. The van der Waals surface area contributed by atoms with Crippen molar-refractivity contribution in [3.05, 3.63) is 0 Å². The van der Waals surface area contributed by atoms with Gasteiger partial charge in [-0.2, -0.15) is 0 Å². The molecule has 0 aliphatic heterocycles. The number of rotatable bonds is 0. The Hall–Kier alpha value is -1.06. The summed E-state index contributed by atoms with van der Waals surface area (Å²) in [6.45, 7) is 0. The standard InChI is InChI=1S/C9H12N2O2/c12-10-8-4-1-5-3-7(8)6(2-4)9(5)11-13/h4-7,12-13H,1-3H2/b10-8-,11-9+. The third-order valence-electron chi connectivity index (χ3n) is 3.96. The zero-order valence-corrected chi connectivity index (χ0v) is 7.22. The molecule has 70 valence electrons. The molecule has 0 spiro atoms. The van der Waals surface area contributed by atoms with Gasteiger partial charge in [-0.1, -0.05) is 10.3 Å². The van der Waals surface area contributed by atoms with Gasteiger partial charge >= 0.3 is 0 Å². The van der Waals surface area contributed by atoms with Crippen LogP contribution in [0.2, 0.25) is 0 Å². The first kappa shape index (κ1) is 7.35. The van der Waals surface area contributed by atoms with Crippen molar-refractivity contribution in [2.45, 2.75) is 19.3 Å². The number of oxime groups is 2. The lowest BCUT2D eigenvalue weighted by Crippen LogP contribution is -2.26. The third-order valence-corrected chi connectivity index (χ3v) is 3.96. The molecule has 4 bridgehead atoms. The second-order valence-corrected chi connectivity index (χ2v) is 4.36. The Bertz CT molecular complexity index is 277. The van der Waals surface area contributed by atoms with Gasteiger partial charge in [0.15, 0.2) is 0 Å². The summed E-state index contributed by atoms with van der Waals surface area (Å²) >= 11 is 0. The fraction of sp³-hybridized carbons (Fsp3) is 0.778. The first-order valence-electron chi connectivity index (χ1n) is 4.78. The molecule has 4 aliphatic carbocycles. The van der Waals surface area contributed by atoms with Gasteiger partial charge in [-0.15, -0.1) is 0 Å². The fourth-order valence-corrected chi connectivity index (χ4v) is 3.53. The molecule has 4 saturated carbocycles. The van der Waals surface area contributed by atoms with E-state index in [0.717, 1.165) is 30.7 Å². The highest BCUT2D eigenvalue weighted by molar-refractivity contribution is 6.05. The average molecular weight is 180 g/mol. The highest BCUT2D eigenvalue weighted by Crippen LogP contribution is 2.54. The van der Waals surface area contributed by atoms with Crippen molar-refractivity contribution in [3.63, 3.8) is 0 Å². The van der Waals surface area contributed by atoms with E-state index in [0.29, 0.717) is 23.7 Å². The topological polar surface area (TPSA) is 65.2 Å². The lowest BCUT2D eigenvalue weighted by molar-refractivity contribution is 0.302. The summed E-state index contributed by atoms with van der Waals surface area (Å²) in [7, 11) is 0. The minimum Gasteiger partial charge on any atom is -0.411 e. The molecule has 2 N–H and O–H groups in total. The van der Waals surface area contributed by atoms with Crippen molar-refractivity contribution in [2.75, 3.05) is 0 Å². The molecule has 0 aromatic heterocycles. The van der Waals surface area contributed by atoms with Crippen LogP contribution in [0.4, 0.5) is 0 Å². The molecule has 13 heavy (non-hydrogen) atoms. The fourth-order valence-electron chi connectivity index (χ4n) is 3.53. The number of hydrogen-bond donors (Lipinski definition) is 2. The molecule has 4 rings (SSSR count). The summed E-state index contributed by atoms with van der Waals surface area (Å²) in [5.74, 6) is 1.67. The Morgan fingerprint density at radius 2 is 1.31 bits per heavy atom. The molecule has 0 aromatic carbocycles. The normalized spacial score (nSPS) is 52.6. The van der Waals surface area contributed by atoms with Crippen LogP contribution in [0.15, 0.2) is 10.3 Å². The molecule has 0 aromatic rings. The van der Waals surface area contributed by atoms with Crippen LogP contribution in [-0.2, 0) is 0 Å². The van der Waals surface area contributed by atoms with Crippen LogP contribution in [0.25, 0.3) is 0 Å². The van der Waals surface area contributed by atoms with Gasteiger partial charge in [-0.25, -0.2) is 0 Å². The maximum Gasteiger partial charge on any atom is 0.0639 e. The van der Waals surface area contributed by atoms with Crippen molar-refractivity contribution in [1.29, 1.82) is 0 Å². The average Bonchev–Trinajstić information content (AvgIpc) is 2.52. The van der Waals surface area contributed by atoms with Gasteiger partial charge in [-0.3, -0.25) is 0 Å². The van der Waals surface area contributed by atoms with Crippen LogP contribution in [0.3, 0.4) is 0 Å². The largest absolute Gasteiger partial charge is 0.411 e. The number of nitrogens with zero attached hydrogens (tertiary/aromatic N) is 2. The summed E-state index contributed by atoms with van der Waals surface area (Å²) < 4.78 is 0. The molecule has 4 nitrogen and oxygen atoms in total. The monoisotopic (exact) mass is 180 g/mol. The first-order chi connectivity index (χ1) is 6.35. The molecule has 0 radical (unpaired) electrons. The zero-order valence-electron chi connectivity index (χ0n) is 7.22. The van der Waals surface area contributed by atoms with Gasteiger partial charge in [0.25, 0.3) is 0 Å². The van der Waals surface area contributed by atoms with E-state index in [1.165, 1.54) is 0 Å². The minimum absolute atomic E-state index is 0.375. The summed E-state index contributed by atoms with van der Waals surface area (Å²) in [5, 5.41) is 24.5. The second kappa shape index (κ2) is 2.25. The maximum atomic E-state index is 8.85. The third kappa shape index (κ3) is 0.716. The molecular weight excluding hydrogens is 168 g/mol. The minimum atomic E-state index is 0.375. The molecule has 0 heterocycles.